The van der Waals surface area contributed by atoms with E-state index in [2.05, 4.69) is 14.0 Å². The zero-order valence-electron chi connectivity index (χ0n) is 21.5. The van der Waals surface area contributed by atoms with Gasteiger partial charge >= 0.3 is 0 Å². The Labute approximate surface area is 203 Å². The van der Waals surface area contributed by atoms with Gasteiger partial charge in [-0.25, -0.2) is 0 Å². The van der Waals surface area contributed by atoms with Gasteiger partial charge in [-0.2, -0.15) is 0 Å². The van der Waals surface area contributed by atoms with Crippen molar-refractivity contribution in [2.45, 2.75) is 154 Å². The topological polar surface area (TPSA) is 20.2 Å². The maximum atomic E-state index is 9.56. The molecular formula is C28H58ClNO. The van der Waals surface area contributed by atoms with Crippen LogP contribution in [0.25, 0.3) is 0 Å². The van der Waals surface area contributed by atoms with E-state index in [4.69, 9.17) is 0 Å². The molecule has 31 heavy (non-hydrogen) atoms. The Hall–Kier alpha value is 0.210. The van der Waals surface area contributed by atoms with Crippen molar-refractivity contribution in [3.8, 4) is 0 Å². The molecule has 0 bridgehead atoms. The third-order valence-electron chi connectivity index (χ3n) is 7.84. The second kappa shape index (κ2) is 22.0. The summed E-state index contributed by atoms with van der Waals surface area (Å²) in [5.74, 6) is 0. The van der Waals surface area contributed by atoms with Gasteiger partial charge in [-0.05, 0) is 38.5 Å². The first kappa shape index (κ1) is 31.2. The van der Waals surface area contributed by atoms with Gasteiger partial charge in [0.05, 0.1) is 26.2 Å². The fourth-order valence-electron chi connectivity index (χ4n) is 5.61. The Balaban J connectivity index is 0.00000900. The van der Waals surface area contributed by atoms with Crippen LogP contribution < -0.4 is 12.4 Å². The van der Waals surface area contributed by atoms with Gasteiger partial charge in [0.15, 0.2) is 0 Å². The van der Waals surface area contributed by atoms with Crippen molar-refractivity contribution in [3.05, 3.63) is 0 Å². The van der Waals surface area contributed by atoms with Gasteiger partial charge < -0.3 is 22.0 Å². The fourth-order valence-corrected chi connectivity index (χ4v) is 5.61. The smallest absolute Gasteiger partial charge is 0.102 e. The van der Waals surface area contributed by atoms with E-state index < -0.39 is 0 Å². The molecule has 1 saturated carbocycles. The summed E-state index contributed by atoms with van der Waals surface area (Å²) in [7, 11) is 2.42. The van der Waals surface area contributed by atoms with Crippen LogP contribution in [0.15, 0.2) is 0 Å². The maximum absolute atomic E-state index is 9.56. The average molecular weight is 460 g/mol. The summed E-state index contributed by atoms with van der Waals surface area (Å²) < 4.78 is 1.13. The number of hydrogen-bond donors (Lipinski definition) is 1. The van der Waals surface area contributed by atoms with Crippen LogP contribution in [0.2, 0.25) is 0 Å². The van der Waals surface area contributed by atoms with Gasteiger partial charge in [0, 0.05) is 0 Å². The van der Waals surface area contributed by atoms with Crippen LogP contribution >= 0.6 is 0 Å². The van der Waals surface area contributed by atoms with E-state index in [1.807, 2.05) is 0 Å². The summed E-state index contributed by atoms with van der Waals surface area (Å²) in [5.41, 5.74) is 0. The summed E-state index contributed by atoms with van der Waals surface area (Å²) in [6.07, 6.45) is 31.5. The SMILES string of the molecule is CCCCCCCCCCCCCCCCCCC[N+](C)(CCO)C1CCCCC1.[Cl-]. The number of nitrogens with zero attached hydrogens (tertiary/aromatic N) is 1. The summed E-state index contributed by atoms with van der Waals surface area (Å²) in [6.45, 7) is 4.90. The lowest BCUT2D eigenvalue weighted by atomic mass is 9.92. The monoisotopic (exact) mass is 459 g/mol. The zero-order chi connectivity index (χ0) is 21.8. The van der Waals surface area contributed by atoms with Crippen LogP contribution in [0.3, 0.4) is 0 Å². The predicted octanol–water partition coefficient (Wildman–Crippen LogP) is 5.41. The number of likely N-dealkylation sites (N-methyl/N-ethyl adjacent to an activating group) is 1. The van der Waals surface area contributed by atoms with Crippen molar-refractivity contribution in [2.24, 2.45) is 0 Å². The van der Waals surface area contributed by atoms with E-state index in [1.54, 1.807) is 0 Å². The first-order valence-corrected chi connectivity index (χ1v) is 14.2. The molecule has 3 heteroatoms. The lowest BCUT2D eigenvalue weighted by molar-refractivity contribution is -0.935. The number of unbranched alkanes of at least 4 members (excludes halogenated alkanes) is 16. The van der Waals surface area contributed by atoms with E-state index >= 15 is 0 Å². The largest absolute Gasteiger partial charge is 1.00 e. The molecule has 0 aliphatic heterocycles. The first-order valence-electron chi connectivity index (χ1n) is 14.2. The third-order valence-corrected chi connectivity index (χ3v) is 7.84. The highest BCUT2D eigenvalue weighted by atomic mass is 35.5. The summed E-state index contributed by atoms with van der Waals surface area (Å²) in [4.78, 5) is 0. The molecule has 1 aliphatic rings. The van der Waals surface area contributed by atoms with Gasteiger partial charge in [0.2, 0.25) is 0 Å². The minimum atomic E-state index is 0. The average Bonchev–Trinajstić information content (AvgIpc) is 2.77. The summed E-state index contributed by atoms with van der Waals surface area (Å²) in [6, 6.07) is 0.812. The molecule has 0 saturated heterocycles. The number of halogens is 1. The summed E-state index contributed by atoms with van der Waals surface area (Å²) in [5, 5.41) is 9.56. The van der Waals surface area contributed by atoms with Crippen LogP contribution in [-0.2, 0) is 0 Å². The Morgan fingerprint density at radius 3 is 1.35 bits per heavy atom. The normalized spacial score (nSPS) is 16.7. The second-order valence-electron chi connectivity index (χ2n) is 10.6. The molecule has 0 aromatic carbocycles. The highest BCUT2D eigenvalue weighted by Crippen LogP contribution is 2.27. The third kappa shape index (κ3) is 16.5. The minimum Gasteiger partial charge on any atom is -1.00 e. The lowest BCUT2D eigenvalue weighted by Gasteiger charge is -2.43. The molecule has 0 radical (unpaired) electrons. The van der Waals surface area contributed by atoms with Gasteiger partial charge in [0.25, 0.3) is 0 Å². The van der Waals surface area contributed by atoms with Crippen molar-refractivity contribution in [2.75, 3.05) is 26.7 Å². The zero-order valence-corrected chi connectivity index (χ0v) is 22.3. The minimum absolute atomic E-state index is 0. The Morgan fingerprint density at radius 1 is 0.581 bits per heavy atom. The molecule has 1 fully saturated rings. The van der Waals surface area contributed by atoms with Gasteiger partial charge in [-0.15, -0.1) is 0 Å². The summed E-state index contributed by atoms with van der Waals surface area (Å²) >= 11 is 0. The molecule has 0 spiro atoms. The lowest BCUT2D eigenvalue weighted by Crippen LogP contribution is -3.00. The Morgan fingerprint density at radius 2 is 0.968 bits per heavy atom. The standard InChI is InChI=1S/C28H58NO.ClH/c1-3-4-5-6-7-8-9-10-11-12-13-14-15-16-17-18-22-25-29(2,26-27-30)28-23-20-19-21-24-28;/h28,30H,3-27H2,1-2H3;1H/q+1;/p-1. The molecule has 2 nitrogen and oxygen atoms in total. The van der Waals surface area contributed by atoms with Gasteiger partial charge in [-0.1, -0.05) is 110 Å². The van der Waals surface area contributed by atoms with Crippen molar-refractivity contribution < 1.29 is 22.0 Å². The van der Waals surface area contributed by atoms with Crippen LogP contribution in [0, 0.1) is 0 Å². The Bertz CT molecular complexity index is 359. The molecule has 188 valence electrons. The van der Waals surface area contributed by atoms with Crippen LogP contribution in [0.1, 0.15) is 148 Å². The predicted molar refractivity (Wildman–Crippen MR) is 134 cm³/mol. The highest BCUT2D eigenvalue weighted by molar-refractivity contribution is 4.67. The van der Waals surface area contributed by atoms with Crippen molar-refractivity contribution in [3.63, 3.8) is 0 Å². The molecule has 1 N–H and O–H groups in total. The maximum Gasteiger partial charge on any atom is 0.102 e. The quantitative estimate of drug-likeness (QED) is 0.179. The molecule has 1 rings (SSSR count). The van der Waals surface area contributed by atoms with Crippen LogP contribution in [0.4, 0.5) is 0 Å². The van der Waals surface area contributed by atoms with Crippen LogP contribution in [0.5, 0.6) is 0 Å². The number of aliphatic hydroxyl groups excluding tert-OH is 1. The number of hydrogen-bond acceptors (Lipinski definition) is 1. The van der Waals surface area contributed by atoms with Crippen molar-refractivity contribution >= 4 is 0 Å². The van der Waals surface area contributed by atoms with E-state index in [1.165, 1.54) is 148 Å². The molecule has 0 aromatic heterocycles. The number of rotatable bonds is 21. The van der Waals surface area contributed by atoms with Crippen LogP contribution in [-0.4, -0.2) is 42.4 Å². The van der Waals surface area contributed by atoms with Gasteiger partial charge in [0.1, 0.15) is 6.54 Å². The molecule has 1 unspecified atom stereocenters. The molecule has 0 heterocycles. The first-order chi connectivity index (χ1) is 14.7. The molecular weight excluding hydrogens is 402 g/mol. The van der Waals surface area contributed by atoms with Crippen molar-refractivity contribution in [1.29, 1.82) is 0 Å². The Kier molecular flexibility index (Phi) is 22.2. The van der Waals surface area contributed by atoms with E-state index in [-0.39, 0.29) is 12.4 Å². The van der Waals surface area contributed by atoms with Crippen molar-refractivity contribution in [1.82, 2.24) is 0 Å². The number of quaternary nitrogens is 1. The number of aliphatic hydroxyl groups is 1. The molecule has 0 amide bonds. The molecule has 1 aliphatic carbocycles. The van der Waals surface area contributed by atoms with E-state index in [9.17, 15) is 5.11 Å². The fraction of sp³-hybridized carbons (Fsp3) is 1.00. The van der Waals surface area contributed by atoms with E-state index in [0.29, 0.717) is 6.61 Å². The van der Waals surface area contributed by atoms with Gasteiger partial charge in [-0.3, -0.25) is 0 Å². The molecule has 0 aromatic rings. The molecule has 1 atom stereocenters. The second-order valence-corrected chi connectivity index (χ2v) is 10.6. The highest BCUT2D eigenvalue weighted by Gasteiger charge is 2.32. The van der Waals surface area contributed by atoms with E-state index in [0.717, 1.165) is 17.1 Å².